The highest BCUT2D eigenvalue weighted by Crippen LogP contribution is 2.28. The fraction of sp³-hybridized carbons (Fsp3) is 0.400. The number of halogens is 2. The Hall–Kier alpha value is -2.96. The standard InChI is InChI=1S/2C15H20ClNO2/c2*1-9(14(18)19-15(3,4)5)8-11-6-7-12(16)13(17)10(11)2/h6-8H,17H2,1-5H3;6-7H,1,8,17H2,2-5H3/b9-8+;. The third-order valence-electron chi connectivity index (χ3n) is 5.26. The first kappa shape index (κ1) is 33.1. The second-order valence-corrected chi connectivity index (χ2v) is 11.8. The number of carbonyl (C=O) groups excluding carboxylic acids is 2. The van der Waals surface area contributed by atoms with Crippen molar-refractivity contribution in [2.24, 2.45) is 0 Å². The molecule has 208 valence electrons. The van der Waals surface area contributed by atoms with Crippen LogP contribution in [0.4, 0.5) is 11.4 Å². The van der Waals surface area contributed by atoms with Crippen LogP contribution in [0.15, 0.2) is 42.0 Å². The normalized spacial score (nSPS) is 11.8. The van der Waals surface area contributed by atoms with E-state index in [1.54, 1.807) is 25.1 Å². The van der Waals surface area contributed by atoms with Gasteiger partial charge in [-0.3, -0.25) is 0 Å². The molecule has 0 heterocycles. The van der Waals surface area contributed by atoms with E-state index in [2.05, 4.69) is 6.58 Å². The molecule has 0 aromatic heterocycles. The van der Waals surface area contributed by atoms with Crippen LogP contribution in [-0.4, -0.2) is 23.1 Å². The molecular weight excluding hydrogens is 523 g/mol. The lowest BCUT2D eigenvalue weighted by molar-refractivity contribution is -0.150. The number of nitrogens with two attached hydrogens (primary N) is 2. The van der Waals surface area contributed by atoms with Gasteiger partial charge in [-0.15, -0.1) is 0 Å². The van der Waals surface area contributed by atoms with Crippen LogP contribution in [0.3, 0.4) is 0 Å². The first-order valence-corrected chi connectivity index (χ1v) is 12.9. The molecule has 38 heavy (non-hydrogen) atoms. The smallest absolute Gasteiger partial charge is 0.334 e. The third kappa shape index (κ3) is 10.4. The maximum absolute atomic E-state index is 11.9. The quantitative estimate of drug-likeness (QED) is 0.220. The van der Waals surface area contributed by atoms with Crippen molar-refractivity contribution < 1.29 is 19.1 Å². The molecule has 6 nitrogen and oxygen atoms in total. The summed E-state index contributed by atoms with van der Waals surface area (Å²) in [5.74, 6) is -0.721. The van der Waals surface area contributed by atoms with Crippen molar-refractivity contribution in [3.8, 4) is 0 Å². The largest absolute Gasteiger partial charge is 0.457 e. The fourth-order valence-corrected chi connectivity index (χ4v) is 3.51. The molecule has 0 atom stereocenters. The van der Waals surface area contributed by atoms with E-state index >= 15 is 0 Å². The third-order valence-corrected chi connectivity index (χ3v) is 5.92. The van der Waals surface area contributed by atoms with Crippen LogP contribution in [0.5, 0.6) is 0 Å². The maximum Gasteiger partial charge on any atom is 0.334 e. The van der Waals surface area contributed by atoms with E-state index in [0.717, 1.165) is 22.3 Å². The molecule has 0 aliphatic rings. The summed E-state index contributed by atoms with van der Waals surface area (Å²) in [5.41, 5.74) is 16.2. The van der Waals surface area contributed by atoms with Crippen LogP contribution < -0.4 is 11.5 Å². The van der Waals surface area contributed by atoms with Crippen molar-refractivity contribution in [2.75, 3.05) is 11.5 Å². The Balaban J connectivity index is 0.000000380. The van der Waals surface area contributed by atoms with Gasteiger partial charge in [0.05, 0.1) is 21.4 Å². The predicted octanol–water partition coefficient (Wildman–Crippen LogP) is 7.65. The first-order chi connectivity index (χ1) is 17.2. The number of rotatable bonds is 5. The Morgan fingerprint density at radius 1 is 0.842 bits per heavy atom. The zero-order valence-corrected chi connectivity index (χ0v) is 25.4. The highest BCUT2D eigenvalue weighted by molar-refractivity contribution is 6.33. The highest BCUT2D eigenvalue weighted by Gasteiger charge is 2.20. The second-order valence-electron chi connectivity index (χ2n) is 11.0. The Morgan fingerprint density at radius 3 is 1.79 bits per heavy atom. The van der Waals surface area contributed by atoms with Crippen molar-refractivity contribution >= 4 is 52.6 Å². The van der Waals surface area contributed by atoms with Gasteiger partial charge in [0.1, 0.15) is 11.2 Å². The molecule has 2 aromatic carbocycles. The van der Waals surface area contributed by atoms with Gasteiger partial charge in [-0.25, -0.2) is 9.59 Å². The summed E-state index contributed by atoms with van der Waals surface area (Å²) in [6, 6.07) is 7.13. The SMILES string of the molecule is C/C(=C\c1ccc(Cl)c(N)c1C)C(=O)OC(C)(C)C.C=C(Cc1ccc(Cl)c(N)c1C)C(=O)OC(C)(C)C. The number of carbonyl (C=O) groups is 2. The minimum absolute atomic E-state index is 0.333. The van der Waals surface area contributed by atoms with Gasteiger partial charge >= 0.3 is 11.9 Å². The molecule has 0 fully saturated rings. The van der Waals surface area contributed by atoms with Crippen molar-refractivity contribution in [1.29, 1.82) is 0 Å². The Kier molecular flexibility index (Phi) is 11.5. The molecule has 0 aliphatic carbocycles. The minimum Gasteiger partial charge on any atom is -0.457 e. The van der Waals surface area contributed by atoms with Gasteiger partial charge in [-0.1, -0.05) is 41.9 Å². The second kappa shape index (κ2) is 13.2. The van der Waals surface area contributed by atoms with Crippen LogP contribution in [0.2, 0.25) is 10.0 Å². The molecule has 0 radical (unpaired) electrons. The lowest BCUT2D eigenvalue weighted by atomic mass is 10.00. The van der Waals surface area contributed by atoms with Gasteiger partial charge in [0, 0.05) is 17.6 Å². The first-order valence-electron chi connectivity index (χ1n) is 12.1. The number of hydrogen-bond donors (Lipinski definition) is 2. The number of ether oxygens (including phenoxy) is 2. The van der Waals surface area contributed by atoms with Crippen LogP contribution in [0.25, 0.3) is 6.08 Å². The van der Waals surface area contributed by atoms with E-state index in [9.17, 15) is 9.59 Å². The van der Waals surface area contributed by atoms with Crippen molar-refractivity contribution in [2.45, 2.75) is 79.9 Å². The minimum atomic E-state index is -0.520. The monoisotopic (exact) mass is 562 g/mol. The number of nitrogen functional groups attached to an aromatic ring is 2. The summed E-state index contributed by atoms with van der Waals surface area (Å²) in [6.45, 7) is 20.2. The topological polar surface area (TPSA) is 105 Å². The molecule has 0 bridgehead atoms. The zero-order valence-electron chi connectivity index (χ0n) is 23.8. The molecule has 0 amide bonds. The fourth-order valence-electron chi connectivity index (χ4n) is 3.10. The number of anilines is 2. The van der Waals surface area contributed by atoms with E-state index in [1.807, 2.05) is 67.5 Å². The van der Waals surface area contributed by atoms with Crippen LogP contribution in [-0.2, 0) is 25.5 Å². The average molecular weight is 564 g/mol. The molecule has 8 heteroatoms. The van der Waals surface area contributed by atoms with Gasteiger partial charge in [-0.05, 0) is 103 Å². The van der Waals surface area contributed by atoms with Crippen LogP contribution in [0.1, 0.15) is 70.7 Å². The van der Waals surface area contributed by atoms with E-state index < -0.39 is 11.2 Å². The summed E-state index contributed by atoms with van der Waals surface area (Å²) in [6.07, 6.45) is 2.16. The number of hydrogen-bond acceptors (Lipinski definition) is 6. The summed E-state index contributed by atoms with van der Waals surface area (Å²) in [4.78, 5) is 23.7. The molecule has 0 aliphatic heterocycles. The summed E-state index contributed by atoms with van der Waals surface area (Å²) < 4.78 is 10.6. The summed E-state index contributed by atoms with van der Waals surface area (Å²) >= 11 is 11.9. The molecule has 0 unspecified atom stereocenters. The van der Waals surface area contributed by atoms with Gasteiger partial charge in [0.15, 0.2) is 0 Å². The number of benzene rings is 2. The Morgan fingerprint density at radius 2 is 1.29 bits per heavy atom. The van der Waals surface area contributed by atoms with E-state index in [4.69, 9.17) is 44.1 Å². The Labute approximate surface area is 237 Å². The molecular formula is C30H40Cl2N2O4. The van der Waals surface area contributed by atoms with Gasteiger partial charge in [0.25, 0.3) is 0 Å². The Bertz CT molecular complexity index is 1240. The molecule has 4 N–H and O–H groups in total. The molecule has 0 spiro atoms. The maximum atomic E-state index is 11.9. The summed E-state index contributed by atoms with van der Waals surface area (Å²) in [5, 5.41) is 1.04. The van der Waals surface area contributed by atoms with Gasteiger partial charge in [-0.2, -0.15) is 0 Å². The van der Waals surface area contributed by atoms with E-state index in [-0.39, 0.29) is 11.9 Å². The lowest BCUT2D eigenvalue weighted by Crippen LogP contribution is -2.25. The predicted molar refractivity (Wildman–Crippen MR) is 159 cm³/mol. The zero-order chi connectivity index (χ0) is 29.6. The van der Waals surface area contributed by atoms with E-state index in [1.165, 1.54) is 0 Å². The average Bonchev–Trinajstić information content (AvgIpc) is 2.78. The lowest BCUT2D eigenvalue weighted by Gasteiger charge is -2.20. The summed E-state index contributed by atoms with van der Waals surface area (Å²) in [7, 11) is 0. The highest BCUT2D eigenvalue weighted by atomic mass is 35.5. The van der Waals surface area contributed by atoms with Crippen LogP contribution in [0, 0.1) is 13.8 Å². The molecule has 2 aromatic rings. The molecule has 0 saturated carbocycles. The molecule has 2 rings (SSSR count). The van der Waals surface area contributed by atoms with Gasteiger partial charge < -0.3 is 20.9 Å². The van der Waals surface area contributed by atoms with E-state index in [0.29, 0.717) is 39.0 Å². The van der Waals surface area contributed by atoms with Crippen LogP contribution >= 0.6 is 23.2 Å². The van der Waals surface area contributed by atoms with Crippen molar-refractivity contribution in [3.05, 3.63) is 74.3 Å². The molecule has 0 saturated heterocycles. The number of esters is 2. The van der Waals surface area contributed by atoms with Gasteiger partial charge in [0.2, 0.25) is 0 Å². The van der Waals surface area contributed by atoms with Crippen molar-refractivity contribution in [3.63, 3.8) is 0 Å². The van der Waals surface area contributed by atoms with Crippen molar-refractivity contribution in [1.82, 2.24) is 0 Å².